The number of halogens is 1. The van der Waals surface area contributed by atoms with Crippen LogP contribution in [0.25, 0.3) is 0 Å². The Morgan fingerprint density at radius 1 is 1.50 bits per heavy atom. The average Bonchev–Trinajstić information content (AvgIpc) is 2.97. The van der Waals surface area contributed by atoms with E-state index in [4.69, 9.17) is 4.74 Å². The number of esters is 1. The summed E-state index contributed by atoms with van der Waals surface area (Å²) in [7, 11) is 0. The third-order valence-electron chi connectivity index (χ3n) is 4.16. The maximum absolute atomic E-state index is 12.4. The van der Waals surface area contributed by atoms with Gasteiger partial charge in [-0.25, -0.2) is 4.98 Å². The molecule has 0 N–H and O–H groups in total. The fourth-order valence-electron chi connectivity index (χ4n) is 3.21. The highest BCUT2D eigenvalue weighted by Gasteiger charge is 2.59. The Morgan fingerprint density at radius 2 is 2.22 bits per heavy atom. The number of carbonyl (C=O) groups excluding carboxylic acids is 1. The zero-order valence-electron chi connectivity index (χ0n) is 10.4. The molecule has 96 valence electrons. The van der Waals surface area contributed by atoms with Crippen LogP contribution in [0.1, 0.15) is 31.9 Å². The molecule has 2 fully saturated rings. The minimum atomic E-state index is -0.493. The summed E-state index contributed by atoms with van der Waals surface area (Å²) in [6.07, 6.45) is 3.08. The molecule has 0 aromatic carbocycles. The molecule has 2 unspecified atom stereocenters. The summed E-state index contributed by atoms with van der Waals surface area (Å²) in [6, 6.07) is 5.78. The molecule has 0 saturated heterocycles. The average molecular weight is 310 g/mol. The topological polar surface area (TPSA) is 39.2 Å². The molecular weight excluding hydrogens is 294 g/mol. The van der Waals surface area contributed by atoms with Crippen molar-refractivity contribution in [3.05, 3.63) is 28.5 Å². The van der Waals surface area contributed by atoms with Crippen molar-refractivity contribution < 1.29 is 9.53 Å². The molecule has 0 aliphatic heterocycles. The van der Waals surface area contributed by atoms with Crippen LogP contribution in [0.15, 0.2) is 22.8 Å². The normalized spacial score (nSPS) is 33.0. The molecule has 2 aliphatic carbocycles. The van der Waals surface area contributed by atoms with E-state index in [0.29, 0.717) is 18.4 Å². The smallest absolute Gasteiger partial charge is 0.318 e. The van der Waals surface area contributed by atoms with Crippen LogP contribution in [-0.4, -0.2) is 17.6 Å². The van der Waals surface area contributed by atoms with Crippen molar-refractivity contribution in [1.82, 2.24) is 4.98 Å². The van der Waals surface area contributed by atoms with Gasteiger partial charge < -0.3 is 4.74 Å². The van der Waals surface area contributed by atoms with Crippen molar-refractivity contribution in [1.29, 1.82) is 0 Å². The van der Waals surface area contributed by atoms with E-state index in [9.17, 15) is 4.79 Å². The van der Waals surface area contributed by atoms with Crippen molar-refractivity contribution >= 4 is 21.9 Å². The Morgan fingerprint density at radius 3 is 2.83 bits per heavy atom. The predicted octanol–water partition coefficient (Wildman–Crippen LogP) is 3.07. The van der Waals surface area contributed by atoms with E-state index in [1.807, 2.05) is 25.1 Å². The van der Waals surface area contributed by atoms with Gasteiger partial charge in [0.05, 0.1) is 12.3 Å². The minimum Gasteiger partial charge on any atom is -0.465 e. The van der Waals surface area contributed by atoms with Crippen LogP contribution in [0.2, 0.25) is 0 Å². The molecule has 0 bridgehead atoms. The maximum Gasteiger partial charge on any atom is 0.318 e. The molecule has 2 aliphatic rings. The first-order valence-corrected chi connectivity index (χ1v) is 7.25. The van der Waals surface area contributed by atoms with Gasteiger partial charge in [0.1, 0.15) is 10.0 Å². The van der Waals surface area contributed by atoms with Gasteiger partial charge in [0.15, 0.2) is 0 Å². The highest BCUT2D eigenvalue weighted by atomic mass is 79.9. The Kier molecular flexibility index (Phi) is 2.93. The van der Waals surface area contributed by atoms with Gasteiger partial charge in [-0.3, -0.25) is 4.79 Å². The fraction of sp³-hybridized carbons (Fsp3) is 0.571. The first-order valence-electron chi connectivity index (χ1n) is 6.46. The number of nitrogens with zero attached hydrogens (tertiary/aromatic N) is 1. The molecule has 0 amide bonds. The first kappa shape index (κ1) is 12.2. The van der Waals surface area contributed by atoms with Crippen molar-refractivity contribution in [2.75, 3.05) is 6.61 Å². The molecule has 0 spiro atoms. The summed E-state index contributed by atoms with van der Waals surface area (Å²) >= 11 is 3.38. The fourth-order valence-corrected chi connectivity index (χ4v) is 3.56. The third kappa shape index (κ3) is 1.87. The maximum atomic E-state index is 12.4. The van der Waals surface area contributed by atoms with Gasteiger partial charge in [0.25, 0.3) is 0 Å². The molecule has 2 atom stereocenters. The third-order valence-corrected chi connectivity index (χ3v) is 4.60. The standard InChI is InChI=1S/C14H16BrNO2/c1-2-18-13(17)14(7-9-6-10(9)8-14)11-4-3-5-12(15)16-11/h3-5,9-10H,2,6-8H2,1H3. The number of ether oxygens (including phenoxy) is 1. The summed E-state index contributed by atoms with van der Waals surface area (Å²) in [4.78, 5) is 16.9. The van der Waals surface area contributed by atoms with Gasteiger partial charge in [0, 0.05) is 0 Å². The second-order valence-electron chi connectivity index (χ2n) is 5.31. The van der Waals surface area contributed by atoms with Gasteiger partial charge in [-0.1, -0.05) is 6.07 Å². The lowest BCUT2D eigenvalue weighted by atomic mass is 9.79. The van der Waals surface area contributed by atoms with E-state index in [1.165, 1.54) is 6.42 Å². The Labute approximate surface area is 115 Å². The first-order chi connectivity index (χ1) is 8.65. The van der Waals surface area contributed by atoms with Gasteiger partial charge in [-0.05, 0) is 66.1 Å². The Balaban J connectivity index is 1.97. The monoisotopic (exact) mass is 309 g/mol. The number of rotatable bonds is 3. The summed E-state index contributed by atoms with van der Waals surface area (Å²) in [6.45, 7) is 2.29. The summed E-state index contributed by atoms with van der Waals surface area (Å²) in [5.41, 5.74) is 0.371. The van der Waals surface area contributed by atoms with E-state index in [0.717, 1.165) is 23.1 Å². The lowest BCUT2D eigenvalue weighted by molar-refractivity contribution is -0.150. The number of hydrogen-bond donors (Lipinski definition) is 0. The molecule has 4 heteroatoms. The molecule has 3 rings (SSSR count). The summed E-state index contributed by atoms with van der Waals surface area (Å²) < 4.78 is 6.08. The van der Waals surface area contributed by atoms with E-state index < -0.39 is 5.41 Å². The van der Waals surface area contributed by atoms with E-state index in [1.54, 1.807) is 0 Å². The van der Waals surface area contributed by atoms with Crippen molar-refractivity contribution in [2.45, 2.75) is 31.6 Å². The molecule has 2 saturated carbocycles. The predicted molar refractivity (Wildman–Crippen MR) is 71.1 cm³/mol. The molecule has 1 aromatic heterocycles. The van der Waals surface area contributed by atoms with Gasteiger partial charge >= 0.3 is 5.97 Å². The number of hydrogen-bond acceptors (Lipinski definition) is 3. The second kappa shape index (κ2) is 4.34. The summed E-state index contributed by atoms with van der Waals surface area (Å²) in [5.74, 6) is 1.31. The van der Waals surface area contributed by atoms with E-state index in [-0.39, 0.29) is 5.97 Å². The Hall–Kier alpha value is -0.900. The van der Waals surface area contributed by atoms with Crippen molar-refractivity contribution in [2.24, 2.45) is 11.8 Å². The lowest BCUT2D eigenvalue weighted by Gasteiger charge is -2.27. The van der Waals surface area contributed by atoms with Crippen LogP contribution < -0.4 is 0 Å². The summed E-state index contributed by atoms with van der Waals surface area (Å²) in [5, 5.41) is 0. The van der Waals surface area contributed by atoms with Gasteiger partial charge in [-0.15, -0.1) is 0 Å². The largest absolute Gasteiger partial charge is 0.465 e. The van der Waals surface area contributed by atoms with E-state index >= 15 is 0 Å². The number of fused-ring (bicyclic) bond motifs is 1. The second-order valence-corrected chi connectivity index (χ2v) is 6.12. The van der Waals surface area contributed by atoms with E-state index in [2.05, 4.69) is 20.9 Å². The van der Waals surface area contributed by atoms with Gasteiger partial charge in [-0.2, -0.15) is 0 Å². The van der Waals surface area contributed by atoms with Crippen molar-refractivity contribution in [3.63, 3.8) is 0 Å². The highest BCUT2D eigenvalue weighted by Crippen LogP contribution is 2.60. The van der Waals surface area contributed by atoms with Crippen LogP contribution in [-0.2, 0) is 14.9 Å². The minimum absolute atomic E-state index is 0.0946. The zero-order valence-corrected chi connectivity index (χ0v) is 11.9. The molecule has 1 aromatic rings. The number of carbonyl (C=O) groups is 1. The van der Waals surface area contributed by atoms with Gasteiger partial charge in [0.2, 0.25) is 0 Å². The van der Waals surface area contributed by atoms with Crippen LogP contribution in [0, 0.1) is 11.8 Å². The Bertz CT molecular complexity index is 478. The molecule has 0 radical (unpaired) electrons. The molecule has 1 heterocycles. The van der Waals surface area contributed by atoms with Crippen LogP contribution >= 0.6 is 15.9 Å². The molecule has 3 nitrogen and oxygen atoms in total. The molecule has 18 heavy (non-hydrogen) atoms. The molecular formula is C14H16BrNO2. The quantitative estimate of drug-likeness (QED) is 0.636. The van der Waals surface area contributed by atoms with Crippen LogP contribution in [0.5, 0.6) is 0 Å². The SMILES string of the molecule is CCOC(=O)C1(c2cccc(Br)n2)CC2CC2C1. The van der Waals surface area contributed by atoms with Crippen LogP contribution in [0.4, 0.5) is 0 Å². The van der Waals surface area contributed by atoms with Crippen molar-refractivity contribution in [3.8, 4) is 0 Å². The highest BCUT2D eigenvalue weighted by molar-refractivity contribution is 9.10. The number of pyridine rings is 1. The van der Waals surface area contributed by atoms with Crippen LogP contribution in [0.3, 0.4) is 0 Å². The zero-order chi connectivity index (χ0) is 12.8. The lowest BCUT2D eigenvalue weighted by Crippen LogP contribution is -2.37. The number of aromatic nitrogens is 1.